The van der Waals surface area contributed by atoms with Crippen molar-refractivity contribution in [1.29, 1.82) is 0 Å². The lowest BCUT2D eigenvalue weighted by Crippen LogP contribution is -2.43. The summed E-state index contributed by atoms with van der Waals surface area (Å²) in [6.07, 6.45) is 0. The van der Waals surface area contributed by atoms with Crippen LogP contribution in [0.3, 0.4) is 0 Å². The number of benzene rings is 2. The van der Waals surface area contributed by atoms with E-state index in [1.165, 1.54) is 11.8 Å². The Labute approximate surface area is 160 Å². The average molecular weight is 376 g/mol. The molecule has 2 aromatic rings. The fraction of sp³-hybridized carbons (Fsp3) is 0.400. The number of nitrogens with one attached hydrogen (secondary N) is 1. The molecule has 0 radical (unpaired) electrons. The largest absolute Gasteiger partial charge is 0.369 e. The van der Waals surface area contributed by atoms with Crippen LogP contribution >= 0.6 is 11.8 Å². The van der Waals surface area contributed by atoms with Crippen molar-refractivity contribution in [3.05, 3.63) is 58.6 Å². The van der Waals surface area contributed by atoms with Crippen LogP contribution in [0.4, 0.5) is 11.4 Å². The van der Waals surface area contributed by atoms with Crippen molar-refractivity contribution in [2.24, 2.45) is 0 Å². The minimum atomic E-state index is -0.295. The molecule has 0 atom stereocenters. The summed E-state index contributed by atoms with van der Waals surface area (Å²) < 4.78 is 0. The van der Waals surface area contributed by atoms with Crippen LogP contribution in [0.25, 0.3) is 0 Å². The monoisotopic (exact) mass is 375 g/mol. The van der Waals surface area contributed by atoms with Crippen LogP contribution in [0.5, 0.6) is 0 Å². The normalized spacial score (nSPS) is 13.0. The predicted molar refractivity (Wildman–Crippen MR) is 111 cm³/mol. The standard InChI is InChI=1S/C16H17N3O2S.2C2H6/c20-19(21)15-12-13(18-10-8-17-9-11-18)6-7-16(15)22-14-4-2-1-3-5-14;2*1-2/h1-7,12,17H,8-11H2;2*1-2H3. The van der Waals surface area contributed by atoms with Crippen molar-refractivity contribution in [1.82, 2.24) is 5.32 Å². The molecule has 1 aliphatic rings. The third-order valence-electron chi connectivity index (χ3n) is 3.59. The Bertz CT molecular complexity index is 659. The zero-order chi connectivity index (χ0) is 19.4. The number of nitro groups is 1. The molecule has 1 aliphatic heterocycles. The SMILES string of the molecule is CC.CC.O=[N+]([O-])c1cc(N2CCNCC2)ccc1Sc1ccccc1. The van der Waals surface area contributed by atoms with Crippen LogP contribution in [0.2, 0.25) is 0 Å². The Morgan fingerprint density at radius 3 is 2.19 bits per heavy atom. The first-order valence-corrected chi connectivity index (χ1v) is 10.0. The summed E-state index contributed by atoms with van der Waals surface area (Å²) in [5, 5.41) is 14.7. The van der Waals surface area contributed by atoms with E-state index in [0.717, 1.165) is 36.8 Å². The Hall–Kier alpha value is -2.05. The first-order chi connectivity index (χ1) is 12.7. The molecule has 0 amide bonds. The van der Waals surface area contributed by atoms with Crippen LogP contribution in [-0.4, -0.2) is 31.1 Å². The number of rotatable bonds is 4. The maximum absolute atomic E-state index is 11.4. The van der Waals surface area contributed by atoms with E-state index >= 15 is 0 Å². The highest BCUT2D eigenvalue weighted by Crippen LogP contribution is 2.37. The number of piperazine rings is 1. The predicted octanol–water partition coefficient (Wildman–Crippen LogP) is 5.21. The van der Waals surface area contributed by atoms with Crippen LogP contribution in [0.15, 0.2) is 58.3 Å². The lowest BCUT2D eigenvalue weighted by molar-refractivity contribution is -0.387. The van der Waals surface area contributed by atoms with E-state index in [2.05, 4.69) is 10.2 Å². The molecule has 1 heterocycles. The van der Waals surface area contributed by atoms with Crippen molar-refractivity contribution in [3.63, 3.8) is 0 Å². The molecule has 1 N–H and O–H groups in total. The number of nitrogens with zero attached hydrogens (tertiary/aromatic N) is 2. The van der Waals surface area contributed by atoms with Gasteiger partial charge in [0, 0.05) is 42.8 Å². The minimum Gasteiger partial charge on any atom is -0.369 e. The van der Waals surface area contributed by atoms with Gasteiger partial charge in [0.1, 0.15) is 0 Å². The fourth-order valence-electron chi connectivity index (χ4n) is 2.47. The molecule has 1 saturated heterocycles. The summed E-state index contributed by atoms with van der Waals surface area (Å²) in [6.45, 7) is 11.6. The summed E-state index contributed by atoms with van der Waals surface area (Å²) in [5.74, 6) is 0. The minimum absolute atomic E-state index is 0.171. The van der Waals surface area contributed by atoms with Crippen LogP contribution in [-0.2, 0) is 0 Å². The quantitative estimate of drug-likeness (QED) is 0.587. The van der Waals surface area contributed by atoms with Gasteiger partial charge in [0.05, 0.1) is 9.82 Å². The number of anilines is 1. The zero-order valence-corrected chi connectivity index (χ0v) is 16.9. The first-order valence-electron chi connectivity index (χ1n) is 9.21. The van der Waals surface area contributed by atoms with E-state index in [9.17, 15) is 10.1 Å². The highest BCUT2D eigenvalue weighted by Gasteiger charge is 2.19. The van der Waals surface area contributed by atoms with E-state index in [-0.39, 0.29) is 10.6 Å². The molecule has 0 aromatic heterocycles. The van der Waals surface area contributed by atoms with Gasteiger partial charge in [-0.15, -0.1) is 0 Å². The van der Waals surface area contributed by atoms with E-state index in [1.54, 1.807) is 6.07 Å². The fourth-order valence-corrected chi connectivity index (χ4v) is 3.39. The van der Waals surface area contributed by atoms with Crippen molar-refractivity contribution >= 4 is 23.1 Å². The topological polar surface area (TPSA) is 58.4 Å². The lowest BCUT2D eigenvalue weighted by atomic mass is 10.2. The van der Waals surface area contributed by atoms with Gasteiger partial charge in [0.25, 0.3) is 5.69 Å². The lowest BCUT2D eigenvalue weighted by Gasteiger charge is -2.29. The van der Waals surface area contributed by atoms with Crippen LogP contribution < -0.4 is 10.2 Å². The van der Waals surface area contributed by atoms with Crippen molar-refractivity contribution in [2.75, 3.05) is 31.1 Å². The second kappa shape index (κ2) is 12.3. The number of nitro benzene ring substituents is 1. The molecule has 0 spiro atoms. The van der Waals surface area contributed by atoms with Gasteiger partial charge in [0.15, 0.2) is 0 Å². The molecule has 2 aromatic carbocycles. The summed E-state index contributed by atoms with van der Waals surface area (Å²) >= 11 is 1.43. The van der Waals surface area contributed by atoms with Crippen molar-refractivity contribution in [2.45, 2.75) is 37.5 Å². The summed E-state index contributed by atoms with van der Waals surface area (Å²) in [4.78, 5) is 15.0. The molecule has 0 bridgehead atoms. The van der Waals surface area contributed by atoms with Gasteiger partial charge < -0.3 is 10.2 Å². The Morgan fingerprint density at radius 2 is 1.62 bits per heavy atom. The van der Waals surface area contributed by atoms with Gasteiger partial charge in [-0.2, -0.15) is 0 Å². The summed E-state index contributed by atoms with van der Waals surface area (Å²) in [6, 6.07) is 15.2. The zero-order valence-electron chi connectivity index (χ0n) is 16.1. The molecular formula is C20H29N3O2S. The molecule has 3 rings (SSSR count). The van der Waals surface area contributed by atoms with Gasteiger partial charge in [-0.3, -0.25) is 10.1 Å². The third kappa shape index (κ3) is 6.35. The smallest absolute Gasteiger partial charge is 0.285 e. The average Bonchev–Trinajstić information content (AvgIpc) is 2.72. The summed E-state index contributed by atoms with van der Waals surface area (Å²) in [7, 11) is 0. The van der Waals surface area contributed by atoms with Crippen molar-refractivity contribution < 1.29 is 4.92 Å². The van der Waals surface area contributed by atoms with E-state index in [4.69, 9.17) is 0 Å². The third-order valence-corrected chi connectivity index (χ3v) is 4.67. The molecule has 0 aliphatic carbocycles. The number of hydrogen-bond donors (Lipinski definition) is 1. The van der Waals surface area contributed by atoms with Gasteiger partial charge in [-0.25, -0.2) is 0 Å². The van der Waals surface area contributed by atoms with Gasteiger partial charge in [-0.05, 0) is 24.3 Å². The molecule has 0 unspecified atom stereocenters. The Morgan fingerprint density at radius 1 is 1.00 bits per heavy atom. The molecule has 1 fully saturated rings. The van der Waals surface area contributed by atoms with Gasteiger partial charge in [0.2, 0.25) is 0 Å². The Kier molecular flexibility index (Phi) is 10.4. The van der Waals surface area contributed by atoms with E-state index < -0.39 is 0 Å². The maximum atomic E-state index is 11.4. The summed E-state index contributed by atoms with van der Waals surface area (Å²) in [5.41, 5.74) is 1.09. The van der Waals surface area contributed by atoms with E-state index in [1.807, 2.05) is 70.2 Å². The van der Waals surface area contributed by atoms with Crippen LogP contribution in [0, 0.1) is 10.1 Å². The van der Waals surface area contributed by atoms with Crippen LogP contribution in [0.1, 0.15) is 27.7 Å². The molecule has 5 nitrogen and oxygen atoms in total. The Balaban J connectivity index is 0.000000791. The van der Waals surface area contributed by atoms with Gasteiger partial charge >= 0.3 is 0 Å². The molecule has 142 valence electrons. The second-order valence-corrected chi connectivity index (χ2v) is 6.18. The second-order valence-electron chi connectivity index (χ2n) is 5.06. The highest BCUT2D eigenvalue weighted by molar-refractivity contribution is 7.99. The van der Waals surface area contributed by atoms with E-state index in [0.29, 0.717) is 4.90 Å². The molecule has 6 heteroatoms. The maximum Gasteiger partial charge on any atom is 0.285 e. The van der Waals surface area contributed by atoms with Crippen molar-refractivity contribution in [3.8, 4) is 0 Å². The highest BCUT2D eigenvalue weighted by atomic mass is 32.2. The molecular weight excluding hydrogens is 346 g/mol. The molecule has 26 heavy (non-hydrogen) atoms. The van der Waals surface area contributed by atoms with Gasteiger partial charge in [-0.1, -0.05) is 57.7 Å². The number of hydrogen-bond acceptors (Lipinski definition) is 5. The molecule has 0 saturated carbocycles. The first kappa shape index (κ1) is 22.0.